The normalized spacial score (nSPS) is 22.8. The summed E-state index contributed by atoms with van der Waals surface area (Å²) in [7, 11) is 0. The molecule has 1 aliphatic carbocycles. The SMILES string of the molecule is NC1CC(CNc2ccnc3cc(Br)cnc23)C1. The topological polar surface area (TPSA) is 63.8 Å². The predicted molar refractivity (Wildman–Crippen MR) is 76.4 cm³/mol. The number of pyridine rings is 2. The number of hydrogen-bond donors (Lipinski definition) is 2. The van der Waals surface area contributed by atoms with E-state index in [9.17, 15) is 0 Å². The third-order valence-electron chi connectivity index (χ3n) is 3.40. The van der Waals surface area contributed by atoms with Gasteiger partial charge in [0.1, 0.15) is 5.52 Å². The molecule has 0 amide bonds. The number of nitrogens with zero attached hydrogens (tertiary/aromatic N) is 2. The van der Waals surface area contributed by atoms with Gasteiger partial charge in [0.15, 0.2) is 0 Å². The number of anilines is 1. The summed E-state index contributed by atoms with van der Waals surface area (Å²) >= 11 is 3.41. The molecular weight excluding hydrogens is 292 g/mol. The molecule has 1 saturated carbocycles. The van der Waals surface area contributed by atoms with Gasteiger partial charge in [-0.15, -0.1) is 0 Å². The van der Waals surface area contributed by atoms with E-state index in [0.29, 0.717) is 12.0 Å². The highest BCUT2D eigenvalue weighted by Crippen LogP contribution is 2.27. The maximum absolute atomic E-state index is 5.79. The fraction of sp³-hybridized carbons (Fsp3) is 0.385. The van der Waals surface area contributed by atoms with Crippen molar-refractivity contribution < 1.29 is 0 Å². The van der Waals surface area contributed by atoms with Gasteiger partial charge >= 0.3 is 0 Å². The van der Waals surface area contributed by atoms with Crippen LogP contribution in [0.3, 0.4) is 0 Å². The molecule has 5 heteroatoms. The van der Waals surface area contributed by atoms with Gasteiger partial charge in [0.2, 0.25) is 0 Å². The van der Waals surface area contributed by atoms with Gasteiger partial charge in [0.05, 0.1) is 11.2 Å². The summed E-state index contributed by atoms with van der Waals surface area (Å²) < 4.78 is 0.949. The molecule has 0 atom stereocenters. The van der Waals surface area contributed by atoms with E-state index in [1.807, 2.05) is 18.3 Å². The molecule has 18 heavy (non-hydrogen) atoms. The molecule has 0 radical (unpaired) electrons. The molecule has 0 spiro atoms. The van der Waals surface area contributed by atoms with Crippen LogP contribution in [0.15, 0.2) is 29.0 Å². The highest BCUT2D eigenvalue weighted by Gasteiger charge is 2.25. The van der Waals surface area contributed by atoms with Gasteiger partial charge in [-0.2, -0.15) is 0 Å². The molecule has 0 saturated heterocycles. The Hall–Kier alpha value is -1.20. The lowest BCUT2D eigenvalue weighted by Gasteiger charge is -2.32. The average Bonchev–Trinajstić information content (AvgIpc) is 2.32. The number of fused-ring (bicyclic) bond motifs is 1. The molecule has 0 aliphatic heterocycles. The highest BCUT2D eigenvalue weighted by molar-refractivity contribution is 9.10. The number of nitrogens with one attached hydrogen (secondary N) is 1. The molecule has 94 valence electrons. The number of halogens is 1. The largest absolute Gasteiger partial charge is 0.383 e. The summed E-state index contributed by atoms with van der Waals surface area (Å²) in [4.78, 5) is 8.74. The van der Waals surface area contributed by atoms with E-state index < -0.39 is 0 Å². The molecule has 0 unspecified atom stereocenters. The Balaban J connectivity index is 1.79. The zero-order chi connectivity index (χ0) is 12.5. The molecule has 4 nitrogen and oxygen atoms in total. The summed E-state index contributed by atoms with van der Waals surface area (Å²) in [5, 5.41) is 3.46. The van der Waals surface area contributed by atoms with Gasteiger partial charge in [-0.25, -0.2) is 0 Å². The van der Waals surface area contributed by atoms with Crippen LogP contribution in [0.2, 0.25) is 0 Å². The van der Waals surface area contributed by atoms with Gasteiger partial charge < -0.3 is 11.1 Å². The minimum absolute atomic E-state index is 0.403. The Morgan fingerprint density at radius 2 is 2.22 bits per heavy atom. The number of rotatable bonds is 3. The second kappa shape index (κ2) is 4.82. The molecule has 0 bridgehead atoms. The van der Waals surface area contributed by atoms with Crippen molar-refractivity contribution in [2.24, 2.45) is 11.7 Å². The Labute approximate surface area is 114 Å². The Morgan fingerprint density at radius 1 is 1.39 bits per heavy atom. The lowest BCUT2D eigenvalue weighted by atomic mass is 9.81. The van der Waals surface area contributed by atoms with Crippen molar-refractivity contribution in [2.75, 3.05) is 11.9 Å². The van der Waals surface area contributed by atoms with E-state index >= 15 is 0 Å². The van der Waals surface area contributed by atoms with Crippen LogP contribution in [0.1, 0.15) is 12.8 Å². The minimum atomic E-state index is 0.403. The first-order valence-electron chi connectivity index (χ1n) is 6.12. The smallest absolute Gasteiger partial charge is 0.112 e. The highest BCUT2D eigenvalue weighted by atomic mass is 79.9. The Bertz CT molecular complexity index is 566. The number of hydrogen-bond acceptors (Lipinski definition) is 4. The van der Waals surface area contributed by atoms with E-state index in [1.54, 1.807) is 6.20 Å². The van der Waals surface area contributed by atoms with Crippen LogP contribution in [-0.4, -0.2) is 22.6 Å². The van der Waals surface area contributed by atoms with Crippen LogP contribution >= 0.6 is 15.9 Å². The molecule has 2 aromatic heterocycles. The third kappa shape index (κ3) is 2.33. The summed E-state index contributed by atoms with van der Waals surface area (Å²) in [6.45, 7) is 0.963. The number of aromatic nitrogens is 2. The molecule has 1 aliphatic rings. The molecule has 3 rings (SSSR count). The summed E-state index contributed by atoms with van der Waals surface area (Å²) in [5.74, 6) is 0.693. The monoisotopic (exact) mass is 306 g/mol. The van der Waals surface area contributed by atoms with E-state index in [1.165, 1.54) is 0 Å². The third-order valence-corrected chi connectivity index (χ3v) is 3.83. The number of nitrogens with two attached hydrogens (primary N) is 1. The van der Waals surface area contributed by atoms with Crippen LogP contribution in [0.25, 0.3) is 11.0 Å². The quantitative estimate of drug-likeness (QED) is 0.914. The van der Waals surface area contributed by atoms with Crippen molar-refractivity contribution in [1.29, 1.82) is 0 Å². The van der Waals surface area contributed by atoms with E-state index in [0.717, 1.165) is 40.6 Å². The zero-order valence-electron chi connectivity index (χ0n) is 9.94. The van der Waals surface area contributed by atoms with Crippen molar-refractivity contribution >= 4 is 32.7 Å². The summed E-state index contributed by atoms with van der Waals surface area (Å²) in [6.07, 6.45) is 5.85. The molecular formula is C13H15BrN4. The van der Waals surface area contributed by atoms with E-state index in [4.69, 9.17) is 5.73 Å². The van der Waals surface area contributed by atoms with Crippen molar-refractivity contribution in [1.82, 2.24) is 9.97 Å². The van der Waals surface area contributed by atoms with Crippen LogP contribution in [-0.2, 0) is 0 Å². The zero-order valence-corrected chi connectivity index (χ0v) is 11.5. The van der Waals surface area contributed by atoms with Gasteiger partial charge in [0.25, 0.3) is 0 Å². The fourth-order valence-electron chi connectivity index (χ4n) is 2.36. The lowest BCUT2D eigenvalue weighted by molar-refractivity contribution is 0.280. The second-order valence-electron chi connectivity index (χ2n) is 4.86. The summed E-state index contributed by atoms with van der Waals surface area (Å²) in [5.41, 5.74) is 8.66. The fourth-order valence-corrected chi connectivity index (χ4v) is 2.68. The minimum Gasteiger partial charge on any atom is -0.383 e. The van der Waals surface area contributed by atoms with Crippen LogP contribution in [0.4, 0.5) is 5.69 Å². The lowest BCUT2D eigenvalue weighted by Crippen LogP contribution is -2.39. The van der Waals surface area contributed by atoms with Gasteiger partial charge in [-0.05, 0) is 46.8 Å². The van der Waals surface area contributed by atoms with Crippen LogP contribution < -0.4 is 11.1 Å². The van der Waals surface area contributed by atoms with Crippen molar-refractivity contribution in [3.05, 3.63) is 29.0 Å². The first-order chi connectivity index (χ1) is 8.72. The maximum atomic E-state index is 5.79. The Kier molecular flexibility index (Phi) is 3.18. The first-order valence-corrected chi connectivity index (χ1v) is 6.91. The molecule has 3 N–H and O–H groups in total. The molecule has 0 aromatic carbocycles. The summed E-state index contributed by atoms with van der Waals surface area (Å²) in [6, 6.07) is 4.36. The van der Waals surface area contributed by atoms with Crippen LogP contribution in [0.5, 0.6) is 0 Å². The molecule has 2 heterocycles. The van der Waals surface area contributed by atoms with Crippen molar-refractivity contribution in [3.8, 4) is 0 Å². The standard InChI is InChI=1S/C13H15BrN4/c14-9-5-12-13(18-7-9)11(1-2-16-12)17-6-8-3-10(15)4-8/h1-2,5,7-8,10H,3-4,6,15H2,(H,16,17). The van der Waals surface area contributed by atoms with Gasteiger partial charge in [-0.3, -0.25) is 9.97 Å². The first kappa shape index (κ1) is 11.9. The average molecular weight is 307 g/mol. The molecule has 1 fully saturated rings. The maximum Gasteiger partial charge on any atom is 0.112 e. The van der Waals surface area contributed by atoms with Gasteiger partial charge in [0, 0.05) is 29.5 Å². The van der Waals surface area contributed by atoms with Crippen LogP contribution in [0, 0.1) is 5.92 Å². The predicted octanol–water partition coefficient (Wildman–Crippen LogP) is 2.54. The molecule has 2 aromatic rings. The van der Waals surface area contributed by atoms with Crippen molar-refractivity contribution in [2.45, 2.75) is 18.9 Å². The van der Waals surface area contributed by atoms with Gasteiger partial charge in [-0.1, -0.05) is 0 Å². The second-order valence-corrected chi connectivity index (χ2v) is 5.77. The van der Waals surface area contributed by atoms with E-state index in [2.05, 4.69) is 31.2 Å². The van der Waals surface area contributed by atoms with E-state index in [-0.39, 0.29) is 0 Å². The van der Waals surface area contributed by atoms with Crippen molar-refractivity contribution in [3.63, 3.8) is 0 Å². The Morgan fingerprint density at radius 3 is 3.00 bits per heavy atom.